The lowest BCUT2D eigenvalue weighted by atomic mass is 9.81. The molecule has 8 atom stereocenters. The van der Waals surface area contributed by atoms with Crippen molar-refractivity contribution in [2.24, 2.45) is 28.1 Å². The fourth-order valence-electron chi connectivity index (χ4n) is 8.15. The first-order valence-electron chi connectivity index (χ1n) is 20.7. The van der Waals surface area contributed by atoms with Gasteiger partial charge in [0.2, 0.25) is 11.8 Å². The number of amides is 2. The van der Waals surface area contributed by atoms with E-state index in [1.165, 1.54) is 70.4 Å². The molecule has 17 nitrogen and oxygen atoms in total. The number of nitrogens with two attached hydrogens (primary N) is 3. The molecule has 0 spiro atoms. The monoisotopic (exact) mass is 778 g/mol. The number of nitrogens with one attached hydrogen (secondary N) is 2. The van der Waals surface area contributed by atoms with Crippen LogP contribution in [0.1, 0.15) is 122 Å². The van der Waals surface area contributed by atoms with E-state index in [0.29, 0.717) is 51.9 Å². The van der Waals surface area contributed by atoms with Gasteiger partial charge in [-0.3, -0.25) is 33.8 Å². The number of aliphatic hydroxyl groups is 2. The Morgan fingerprint density at radius 3 is 2.18 bits per heavy atom. The van der Waals surface area contributed by atoms with Gasteiger partial charge in [0, 0.05) is 44.9 Å². The molecule has 55 heavy (non-hydrogen) atoms. The van der Waals surface area contributed by atoms with Crippen molar-refractivity contribution < 1.29 is 29.4 Å². The first-order chi connectivity index (χ1) is 26.6. The Bertz CT molecular complexity index is 1470. The Labute approximate surface area is 324 Å². The molecule has 3 saturated heterocycles. The quantitative estimate of drug-likeness (QED) is 0.0417. The summed E-state index contributed by atoms with van der Waals surface area (Å²) in [6.07, 6.45) is 12.4. The second-order valence-corrected chi connectivity index (χ2v) is 15.3. The number of carbonyl (C=O) groups excluding carboxylic acids is 2. The number of hydrogen-bond acceptors (Lipinski definition) is 11. The minimum absolute atomic E-state index is 0.0519. The van der Waals surface area contributed by atoms with Crippen molar-refractivity contribution in [2.75, 3.05) is 32.7 Å². The maximum Gasteiger partial charge on any atom is 0.330 e. The molecule has 0 aromatic carbocycles. The van der Waals surface area contributed by atoms with Gasteiger partial charge in [-0.15, -0.1) is 0 Å². The Morgan fingerprint density at radius 1 is 0.909 bits per heavy atom. The summed E-state index contributed by atoms with van der Waals surface area (Å²) in [5, 5.41) is 27.0. The fraction of sp³-hybridized carbons (Fsp3) is 0.816. The molecule has 0 unspecified atom stereocenters. The number of aromatic nitrogens is 2. The number of H-pyrrole nitrogens is 1. The lowest BCUT2D eigenvalue weighted by Gasteiger charge is -2.43. The van der Waals surface area contributed by atoms with Crippen molar-refractivity contribution in [3.05, 3.63) is 33.1 Å². The lowest BCUT2D eigenvalue weighted by Crippen LogP contribution is -2.60. The normalized spacial score (nSPS) is 26.7. The first kappa shape index (κ1) is 44.4. The van der Waals surface area contributed by atoms with Crippen LogP contribution in [0.15, 0.2) is 26.8 Å². The number of aliphatic imine (C=N–C) groups is 1. The van der Waals surface area contributed by atoms with Crippen LogP contribution in [0.5, 0.6) is 0 Å². The topological polar surface area (TPSA) is 257 Å². The number of nitrogens with zero attached hydrogens (tertiary/aromatic N) is 4. The fourth-order valence-corrected chi connectivity index (χ4v) is 8.15. The minimum Gasteiger partial charge on any atom is -0.387 e. The molecule has 0 radical (unpaired) electrons. The van der Waals surface area contributed by atoms with Crippen LogP contribution in [0.4, 0.5) is 0 Å². The average Bonchev–Trinajstić information content (AvgIpc) is 3.66. The van der Waals surface area contributed by atoms with Gasteiger partial charge in [0.1, 0.15) is 24.4 Å². The summed E-state index contributed by atoms with van der Waals surface area (Å²) >= 11 is 0. The van der Waals surface area contributed by atoms with E-state index < -0.39 is 53.9 Å². The number of ether oxygens (including phenoxy) is 1. The molecule has 3 fully saturated rings. The van der Waals surface area contributed by atoms with Crippen LogP contribution in [0.25, 0.3) is 0 Å². The van der Waals surface area contributed by atoms with Gasteiger partial charge in [0.25, 0.3) is 5.56 Å². The summed E-state index contributed by atoms with van der Waals surface area (Å²) in [5.41, 5.74) is 15.5. The Morgan fingerprint density at radius 2 is 1.56 bits per heavy atom. The van der Waals surface area contributed by atoms with Crippen LogP contribution in [0.2, 0.25) is 0 Å². The number of guanidine groups is 1. The van der Waals surface area contributed by atoms with E-state index in [-0.39, 0.29) is 30.4 Å². The third kappa shape index (κ3) is 12.8. The molecule has 1 aromatic heterocycles. The molecule has 3 aliphatic heterocycles. The van der Waals surface area contributed by atoms with E-state index >= 15 is 0 Å². The van der Waals surface area contributed by atoms with Crippen molar-refractivity contribution in [1.82, 2.24) is 24.8 Å². The molecule has 10 N–H and O–H groups in total. The standard InChI is InChI=1S/C38H67N9O8/c1-2-3-4-5-6-7-8-9-10-11-12-13-14-17-28(48)43-25-26-24-27-30(35(52)45(26)21-16-20-42-37(40)41)33(55-47(27)22-15-19-39)34-31(50)32(51)36(54-34)46-23-18-29(49)44-38(46)53/h18,23,26-27,30-34,36,50-51H,2-17,19-22,24-25,39H2,1H3,(H,43,48)(H4,40,41,42)(H,44,49,53)/t26-,27-,30+,31-,32+,33+,34-,36+/m0/s1. The smallest absolute Gasteiger partial charge is 0.330 e. The van der Waals surface area contributed by atoms with Gasteiger partial charge < -0.3 is 42.4 Å². The van der Waals surface area contributed by atoms with Crippen LogP contribution < -0.4 is 33.8 Å². The highest BCUT2D eigenvalue weighted by Gasteiger charge is 2.60. The van der Waals surface area contributed by atoms with Crippen molar-refractivity contribution >= 4 is 17.8 Å². The molecule has 3 aliphatic rings. The van der Waals surface area contributed by atoms with E-state index in [1.807, 2.05) is 0 Å². The molecule has 0 aliphatic carbocycles. The largest absolute Gasteiger partial charge is 0.387 e. The van der Waals surface area contributed by atoms with Crippen LogP contribution in [-0.4, -0.2) is 117 Å². The summed E-state index contributed by atoms with van der Waals surface area (Å²) in [6, 6.07) is 0.305. The number of fused-ring (bicyclic) bond motifs is 1. The van der Waals surface area contributed by atoms with E-state index in [2.05, 4.69) is 22.2 Å². The van der Waals surface area contributed by atoms with Gasteiger partial charge in [-0.1, -0.05) is 84.0 Å². The van der Waals surface area contributed by atoms with E-state index in [4.69, 9.17) is 26.8 Å². The molecule has 4 heterocycles. The number of hydroxylamine groups is 2. The van der Waals surface area contributed by atoms with E-state index in [9.17, 15) is 29.4 Å². The molecular weight excluding hydrogens is 710 g/mol. The van der Waals surface area contributed by atoms with Gasteiger partial charge in [-0.2, -0.15) is 5.06 Å². The van der Waals surface area contributed by atoms with Gasteiger partial charge in [-0.25, -0.2) is 4.79 Å². The van der Waals surface area contributed by atoms with Crippen LogP contribution in [0.3, 0.4) is 0 Å². The van der Waals surface area contributed by atoms with Crippen molar-refractivity contribution in [3.8, 4) is 0 Å². The van der Waals surface area contributed by atoms with Crippen LogP contribution >= 0.6 is 0 Å². The van der Waals surface area contributed by atoms with Crippen LogP contribution in [-0.2, 0) is 19.2 Å². The zero-order valence-electron chi connectivity index (χ0n) is 32.7. The second kappa shape index (κ2) is 23.0. The number of aromatic amines is 1. The number of rotatable bonds is 25. The highest BCUT2D eigenvalue weighted by atomic mass is 16.7. The van der Waals surface area contributed by atoms with Crippen molar-refractivity contribution in [2.45, 2.75) is 159 Å². The van der Waals surface area contributed by atoms with Gasteiger partial charge in [0.15, 0.2) is 12.2 Å². The molecule has 312 valence electrons. The zero-order valence-corrected chi connectivity index (χ0v) is 32.7. The number of unbranched alkanes of at least 4 members (excludes halogenated alkanes) is 12. The van der Waals surface area contributed by atoms with Gasteiger partial charge in [0.05, 0.1) is 18.0 Å². The maximum atomic E-state index is 14.5. The van der Waals surface area contributed by atoms with Crippen molar-refractivity contribution in [1.29, 1.82) is 0 Å². The average molecular weight is 778 g/mol. The maximum absolute atomic E-state index is 14.5. The SMILES string of the molecule is CCCCCCCCCCCCCCCC(=O)NC[C@@H]1C[C@H]2[C@@H](C(=O)N1CCCN=C(N)N)[C@H]([C@H]1O[C@@H](n3ccc(=O)[nH]c3=O)[C@H](O)[C@@H]1O)ON2CCCN. The predicted octanol–water partition coefficient (Wildman–Crippen LogP) is 0.967. The molecule has 0 saturated carbocycles. The lowest BCUT2D eigenvalue weighted by molar-refractivity contribution is -0.202. The summed E-state index contributed by atoms with van der Waals surface area (Å²) in [5.74, 6) is -1.18. The van der Waals surface area contributed by atoms with Gasteiger partial charge in [-0.05, 0) is 32.2 Å². The second-order valence-electron chi connectivity index (χ2n) is 15.3. The predicted molar refractivity (Wildman–Crippen MR) is 209 cm³/mol. The van der Waals surface area contributed by atoms with E-state index in [0.717, 1.165) is 29.9 Å². The third-order valence-electron chi connectivity index (χ3n) is 11.1. The number of carbonyl (C=O) groups is 2. The Balaban J connectivity index is 1.36. The number of hydrogen-bond donors (Lipinski definition) is 7. The highest BCUT2D eigenvalue weighted by molar-refractivity contribution is 5.82. The third-order valence-corrected chi connectivity index (χ3v) is 11.1. The molecule has 0 bridgehead atoms. The van der Waals surface area contributed by atoms with Crippen molar-refractivity contribution in [3.63, 3.8) is 0 Å². The van der Waals surface area contributed by atoms with Crippen LogP contribution in [0, 0.1) is 5.92 Å². The molecule has 4 rings (SSSR count). The molecule has 17 heteroatoms. The number of piperidine rings is 1. The van der Waals surface area contributed by atoms with E-state index in [1.54, 1.807) is 9.96 Å². The Kier molecular flexibility index (Phi) is 18.6. The van der Waals surface area contributed by atoms with Gasteiger partial charge >= 0.3 is 5.69 Å². The Hall–Kier alpha value is -3.35. The number of aliphatic hydroxyl groups excluding tert-OH is 2. The summed E-state index contributed by atoms with van der Waals surface area (Å²) < 4.78 is 7.07. The highest BCUT2D eigenvalue weighted by Crippen LogP contribution is 2.43. The number of likely N-dealkylation sites (tertiary alicyclic amines) is 1. The molecule has 1 aromatic rings. The minimum atomic E-state index is -1.55. The molecule has 2 amide bonds. The summed E-state index contributed by atoms with van der Waals surface area (Å²) in [4.78, 5) is 66.0. The summed E-state index contributed by atoms with van der Waals surface area (Å²) in [6.45, 7) is 3.88. The zero-order chi connectivity index (χ0) is 39.7. The molecular formula is C38H67N9O8. The summed E-state index contributed by atoms with van der Waals surface area (Å²) in [7, 11) is 0. The first-order valence-corrected chi connectivity index (χ1v) is 20.7.